The highest BCUT2D eigenvalue weighted by atomic mass is 31.2. The van der Waals surface area contributed by atoms with Crippen molar-refractivity contribution >= 4 is 91.6 Å². The van der Waals surface area contributed by atoms with Gasteiger partial charge in [-0.3, -0.25) is 52.4 Å². The van der Waals surface area contributed by atoms with Crippen molar-refractivity contribution in [1.82, 2.24) is 53.7 Å². The second-order valence-electron chi connectivity index (χ2n) is 26.9. The number of likely N-dealkylation sites (N-methyl/N-ethyl adjacent to an activating group) is 1. The van der Waals surface area contributed by atoms with E-state index in [4.69, 9.17) is 5.73 Å². The number of phosphoric ester groups is 2. The fraction of sp³-hybridized carbons (Fsp3) is 0.644. The van der Waals surface area contributed by atoms with Crippen LogP contribution < -0.4 is 58.1 Å². The van der Waals surface area contributed by atoms with Crippen LogP contribution in [0.15, 0.2) is 49.2 Å². The number of aryl methyl sites for hydroxylation is 5. The number of nitrogens with zero attached hydrogens (tertiary/aromatic N) is 8. The van der Waals surface area contributed by atoms with Gasteiger partial charge in [-0.25, -0.2) is 9.97 Å². The SMILES string of the molecule is CCCCCCCCCCCCCNC(=O)C1CC(NC(=O)c2cc(NC(=O)c3nc(NC(=O)CCCC)cn3C)cn2C)CN1C.CCCCCCCCCCCCCNC(=O)c1cc(NC(=O)c2cc(NC(=O)c3nc(NC(=O)CCCN)cn3C)cn2C)cn1C.COP(=O)([O-])OC.COP(=O)([O-])OC. The predicted octanol–water partition coefficient (Wildman–Crippen LogP) is 10.2. The number of phosphoric acid groups is 2. The number of anilines is 5. The highest BCUT2D eigenvalue weighted by Gasteiger charge is 2.36. The Morgan fingerprint density at radius 2 is 0.787 bits per heavy atom. The number of carbonyl (C=O) groups is 8. The van der Waals surface area contributed by atoms with Crippen molar-refractivity contribution in [2.45, 2.75) is 213 Å². The second-order valence-corrected chi connectivity index (χ2v) is 30.1. The number of unbranched alkanes of at least 4 members (excludes halogenated alkanes) is 21. The van der Waals surface area contributed by atoms with Crippen LogP contribution in [0.25, 0.3) is 0 Å². The zero-order valence-corrected chi connectivity index (χ0v) is 67.8. The van der Waals surface area contributed by atoms with Crippen molar-refractivity contribution in [2.75, 3.05) is 88.2 Å². The topological polar surface area (TPSA) is 430 Å². The lowest BCUT2D eigenvalue weighted by atomic mass is 10.1. The highest BCUT2D eigenvalue weighted by molar-refractivity contribution is 7.46. The van der Waals surface area contributed by atoms with Gasteiger partial charge in [0.2, 0.25) is 29.4 Å². The quantitative estimate of drug-likeness (QED) is 0.0129. The molecule has 10 N–H and O–H groups in total. The van der Waals surface area contributed by atoms with Gasteiger partial charge in [-0.05, 0) is 63.9 Å². The van der Waals surface area contributed by atoms with Crippen molar-refractivity contribution in [2.24, 2.45) is 41.0 Å². The number of hydrogen-bond acceptors (Lipinski definition) is 20. The minimum Gasteiger partial charge on any atom is -0.756 e. The highest BCUT2D eigenvalue weighted by Crippen LogP contribution is 2.35. The van der Waals surface area contributed by atoms with Crippen molar-refractivity contribution in [1.29, 1.82) is 0 Å². The van der Waals surface area contributed by atoms with E-state index < -0.39 is 33.4 Å². The van der Waals surface area contributed by atoms with E-state index in [0.717, 1.165) is 67.0 Å². The van der Waals surface area contributed by atoms with E-state index in [1.165, 1.54) is 120 Å². The van der Waals surface area contributed by atoms with Gasteiger partial charge in [-0.15, -0.1) is 0 Å². The number of likely N-dealkylation sites (tertiary alicyclic amines) is 1. The Labute approximate surface area is 637 Å². The van der Waals surface area contributed by atoms with Gasteiger partial charge in [0, 0.05) is 133 Å². The lowest BCUT2D eigenvalue weighted by molar-refractivity contribution is -0.221. The van der Waals surface area contributed by atoms with Gasteiger partial charge in [-0.1, -0.05) is 156 Å². The fourth-order valence-corrected chi connectivity index (χ4v) is 11.9. The average molecular weight is 1560 g/mol. The summed E-state index contributed by atoms with van der Waals surface area (Å²) in [6.45, 7) is 8.79. The molecule has 0 aliphatic carbocycles. The van der Waals surface area contributed by atoms with Gasteiger partial charge in [0.15, 0.2) is 11.6 Å². The Morgan fingerprint density at radius 3 is 1.16 bits per heavy atom. The number of imidazole rings is 2. The second kappa shape index (κ2) is 51.5. The van der Waals surface area contributed by atoms with Crippen molar-refractivity contribution in [3.05, 3.63) is 77.9 Å². The third-order valence-corrected chi connectivity index (χ3v) is 19.6. The summed E-state index contributed by atoms with van der Waals surface area (Å²) in [6, 6.07) is 4.36. The van der Waals surface area contributed by atoms with E-state index in [-0.39, 0.29) is 65.5 Å². The molecular formula is C73H123N17O16P2-2. The first kappa shape index (κ1) is 94.4. The number of amides is 8. The third-order valence-electron chi connectivity index (χ3n) is 17.8. The summed E-state index contributed by atoms with van der Waals surface area (Å²) in [5.74, 6) is -1.38. The molecule has 608 valence electrons. The van der Waals surface area contributed by atoms with Crippen LogP contribution >= 0.6 is 15.6 Å². The summed E-state index contributed by atoms with van der Waals surface area (Å²) in [6.07, 6.45) is 39.3. The molecule has 35 heteroatoms. The molecule has 1 aliphatic heterocycles. The van der Waals surface area contributed by atoms with Crippen molar-refractivity contribution in [3.8, 4) is 0 Å². The monoisotopic (exact) mass is 1560 g/mol. The van der Waals surface area contributed by atoms with Crippen LogP contribution in [0.3, 0.4) is 0 Å². The number of rotatable bonds is 46. The van der Waals surface area contributed by atoms with Crippen LogP contribution in [0.4, 0.5) is 28.7 Å². The van der Waals surface area contributed by atoms with Gasteiger partial charge in [-0.2, -0.15) is 0 Å². The van der Waals surface area contributed by atoms with E-state index in [1.54, 1.807) is 103 Å². The summed E-state index contributed by atoms with van der Waals surface area (Å²) >= 11 is 0. The van der Waals surface area contributed by atoms with E-state index in [2.05, 4.69) is 84.4 Å². The van der Waals surface area contributed by atoms with Crippen LogP contribution in [0.2, 0.25) is 0 Å². The van der Waals surface area contributed by atoms with Gasteiger partial charge >= 0.3 is 0 Å². The molecule has 5 aromatic heterocycles. The molecule has 0 spiro atoms. The van der Waals surface area contributed by atoms with Gasteiger partial charge in [0.05, 0.1) is 23.1 Å². The Hall–Kier alpha value is -7.84. The maximum atomic E-state index is 13.2. The minimum atomic E-state index is -3.90. The Balaban J connectivity index is 0.000000474. The number of nitrogens with one attached hydrogen (secondary N) is 8. The molecule has 0 aromatic carbocycles. The normalized spacial score (nSPS) is 13.4. The summed E-state index contributed by atoms with van der Waals surface area (Å²) in [5.41, 5.74) is 7.92. The van der Waals surface area contributed by atoms with Gasteiger partial charge < -0.3 is 99.0 Å². The number of nitrogens with two attached hydrogens (primary N) is 1. The maximum Gasteiger partial charge on any atom is 0.291 e. The van der Waals surface area contributed by atoms with Crippen LogP contribution in [-0.4, -0.2) is 159 Å². The standard InChI is InChI=1S/C35H58N8O4.C34H53N9O4.2C2H7O4P/c1-6-8-10-11-12-13-14-15-16-17-18-20-36-33(45)28-21-26(23-41(28)3)37-34(46)29-22-27(24-42(29)4)38-35(47)32-40-30(25-43(32)5)39-31(44)19-9-7-2;1-5-6-7-8-9-10-11-12-13-14-15-19-36-32(45)27-20-25(22-41(27)2)37-33(46)28-21-26(23-42(28)3)38-34(47)31-40-29(24-43(31)4)39-30(44)17-16-18-35;2*1-5-7(3,4)6-2/h22,24-26,28H,6-21,23H2,1-5H3,(H,36,45)(H,37,46)(H,38,47)(H,39,44);20-24H,5-19,35H2,1-4H3,(H,36,45)(H,37,46)(H,38,47)(H,39,44);2*1-2H3,(H,3,4)/p-2. The van der Waals surface area contributed by atoms with E-state index in [9.17, 15) is 57.3 Å². The molecule has 8 amide bonds. The number of carbonyl (C=O) groups excluding carboxylic acids is 8. The maximum absolute atomic E-state index is 13.2. The molecule has 5 aromatic rings. The van der Waals surface area contributed by atoms with Gasteiger partial charge in [0.1, 0.15) is 17.1 Å². The minimum absolute atomic E-state index is 0.0122. The molecule has 1 saturated heterocycles. The smallest absolute Gasteiger partial charge is 0.291 e. The molecule has 6 heterocycles. The molecule has 0 radical (unpaired) electrons. The predicted molar refractivity (Wildman–Crippen MR) is 415 cm³/mol. The van der Waals surface area contributed by atoms with E-state index in [1.807, 2.05) is 18.9 Å². The molecule has 33 nitrogen and oxygen atoms in total. The molecule has 0 saturated carbocycles. The van der Waals surface area contributed by atoms with Crippen LogP contribution in [0, 0.1) is 0 Å². The molecule has 1 aliphatic rings. The Bertz CT molecular complexity index is 3620. The van der Waals surface area contributed by atoms with Gasteiger partial charge in [0.25, 0.3) is 45.2 Å². The number of hydrogen-bond donors (Lipinski definition) is 9. The molecule has 0 bridgehead atoms. The van der Waals surface area contributed by atoms with Crippen molar-refractivity contribution < 1.29 is 75.4 Å². The lowest BCUT2D eigenvalue weighted by Crippen LogP contribution is -2.41. The summed E-state index contributed by atoms with van der Waals surface area (Å²) in [4.78, 5) is 132. The summed E-state index contributed by atoms with van der Waals surface area (Å²) in [5, 5.41) is 22.9. The Kier molecular flexibility index (Phi) is 45.0. The molecule has 2 atom stereocenters. The molecule has 2 unspecified atom stereocenters. The first-order chi connectivity index (χ1) is 51.5. The zero-order chi connectivity index (χ0) is 80.2. The fourth-order valence-electron chi connectivity index (χ4n) is 11.7. The third kappa shape index (κ3) is 36.1. The van der Waals surface area contributed by atoms with Crippen LogP contribution in [0.1, 0.15) is 253 Å². The van der Waals surface area contributed by atoms with Crippen LogP contribution in [0.5, 0.6) is 0 Å². The van der Waals surface area contributed by atoms with Crippen LogP contribution in [-0.2, 0) is 76.8 Å². The van der Waals surface area contributed by atoms with E-state index >= 15 is 0 Å². The largest absolute Gasteiger partial charge is 0.756 e. The molecule has 108 heavy (non-hydrogen) atoms. The summed E-state index contributed by atoms with van der Waals surface area (Å²) in [7, 11) is 6.78. The first-order valence-electron chi connectivity index (χ1n) is 37.7. The van der Waals surface area contributed by atoms with E-state index in [0.29, 0.717) is 85.4 Å². The zero-order valence-electron chi connectivity index (χ0n) is 66.0. The number of aromatic nitrogens is 7. The molecule has 1 fully saturated rings. The first-order valence-corrected chi connectivity index (χ1v) is 40.6. The molecule has 6 rings (SSSR count). The Morgan fingerprint density at radius 1 is 0.444 bits per heavy atom. The average Bonchev–Trinajstić information content (AvgIpc) is 1.68. The van der Waals surface area contributed by atoms with Crippen molar-refractivity contribution in [3.63, 3.8) is 0 Å². The summed E-state index contributed by atoms with van der Waals surface area (Å²) < 4.78 is 43.3. The lowest BCUT2D eigenvalue weighted by Gasteiger charge is -2.18. The molecular weight excluding hydrogens is 1430 g/mol.